The van der Waals surface area contributed by atoms with E-state index in [1.807, 2.05) is 48.5 Å². The van der Waals surface area contributed by atoms with Crippen molar-refractivity contribution in [1.82, 2.24) is 9.47 Å². The molecule has 0 amide bonds. The summed E-state index contributed by atoms with van der Waals surface area (Å²) in [7, 11) is 1.70. The molecule has 0 atom stereocenters. The van der Waals surface area contributed by atoms with Gasteiger partial charge in [-0.3, -0.25) is 4.90 Å². The summed E-state index contributed by atoms with van der Waals surface area (Å²) < 4.78 is 20.3. The van der Waals surface area contributed by atoms with Crippen LogP contribution in [-0.4, -0.2) is 47.9 Å². The SMILES string of the molecule is COc1cc(Cn2c(-c3ccc(OCc4ccccc4)cc3)c(C)c3cc(O)ccc32)ccc1OCCN1CCCCC1. The molecule has 4 aromatic carbocycles. The van der Waals surface area contributed by atoms with Gasteiger partial charge in [0.1, 0.15) is 24.7 Å². The molecule has 1 aliphatic rings. The van der Waals surface area contributed by atoms with Crippen LogP contribution in [0.4, 0.5) is 0 Å². The number of methoxy groups -OCH3 is 1. The van der Waals surface area contributed by atoms with Gasteiger partial charge in [0, 0.05) is 24.0 Å². The van der Waals surface area contributed by atoms with E-state index < -0.39 is 0 Å². The number of aryl methyl sites for hydroxylation is 1. The summed E-state index contributed by atoms with van der Waals surface area (Å²) in [5, 5.41) is 11.3. The van der Waals surface area contributed by atoms with E-state index in [4.69, 9.17) is 14.2 Å². The third-order valence-electron chi connectivity index (χ3n) is 8.36. The Bertz CT molecular complexity index is 1650. The molecule has 6 rings (SSSR count). The Balaban J connectivity index is 1.24. The maximum atomic E-state index is 10.3. The van der Waals surface area contributed by atoms with Gasteiger partial charge in [0.25, 0.3) is 0 Å². The normalized spacial score (nSPS) is 13.7. The van der Waals surface area contributed by atoms with Crippen LogP contribution in [0.25, 0.3) is 22.2 Å². The van der Waals surface area contributed by atoms with Crippen LogP contribution < -0.4 is 14.2 Å². The molecule has 1 fully saturated rings. The maximum absolute atomic E-state index is 10.3. The zero-order valence-corrected chi connectivity index (χ0v) is 25.1. The van der Waals surface area contributed by atoms with Gasteiger partial charge in [-0.05, 0) is 110 Å². The molecule has 0 unspecified atom stereocenters. The highest BCUT2D eigenvalue weighted by Crippen LogP contribution is 2.37. The van der Waals surface area contributed by atoms with Gasteiger partial charge < -0.3 is 23.9 Å². The lowest BCUT2D eigenvalue weighted by Gasteiger charge is -2.26. The van der Waals surface area contributed by atoms with Crippen molar-refractivity contribution in [2.45, 2.75) is 39.3 Å². The molecule has 0 aliphatic carbocycles. The molecule has 0 bridgehead atoms. The Labute approximate surface area is 254 Å². The topological polar surface area (TPSA) is 56.1 Å². The lowest BCUT2D eigenvalue weighted by Crippen LogP contribution is -2.33. The summed E-state index contributed by atoms with van der Waals surface area (Å²) in [5.41, 5.74) is 6.62. The van der Waals surface area contributed by atoms with E-state index in [1.165, 1.54) is 19.3 Å². The highest BCUT2D eigenvalue weighted by Gasteiger charge is 2.18. The number of nitrogens with zero attached hydrogens (tertiary/aromatic N) is 2. The minimum absolute atomic E-state index is 0.261. The first-order valence-electron chi connectivity index (χ1n) is 15.2. The summed E-state index contributed by atoms with van der Waals surface area (Å²) in [4.78, 5) is 2.48. The van der Waals surface area contributed by atoms with E-state index in [0.717, 1.165) is 75.7 Å². The zero-order valence-electron chi connectivity index (χ0n) is 25.1. The van der Waals surface area contributed by atoms with E-state index in [-0.39, 0.29) is 5.75 Å². The number of phenolic OH excluding ortho intramolecular Hbond substituents is 1. The zero-order chi connectivity index (χ0) is 29.6. The first kappa shape index (κ1) is 28.7. The predicted molar refractivity (Wildman–Crippen MR) is 172 cm³/mol. The summed E-state index contributed by atoms with van der Waals surface area (Å²) in [6.07, 6.45) is 3.89. The van der Waals surface area contributed by atoms with Gasteiger partial charge in [-0.2, -0.15) is 0 Å². The number of aromatic nitrogens is 1. The molecular weight excluding hydrogens is 536 g/mol. The Morgan fingerprint density at radius 2 is 1.56 bits per heavy atom. The largest absolute Gasteiger partial charge is 0.508 e. The van der Waals surface area contributed by atoms with Crippen molar-refractivity contribution in [2.24, 2.45) is 0 Å². The van der Waals surface area contributed by atoms with Gasteiger partial charge in [-0.1, -0.05) is 42.8 Å². The van der Waals surface area contributed by atoms with Gasteiger partial charge in [-0.25, -0.2) is 0 Å². The number of hydrogen-bond donors (Lipinski definition) is 1. The van der Waals surface area contributed by atoms with Crippen LogP contribution in [0.3, 0.4) is 0 Å². The second-order valence-corrected chi connectivity index (χ2v) is 11.3. The van der Waals surface area contributed by atoms with E-state index in [9.17, 15) is 5.11 Å². The lowest BCUT2D eigenvalue weighted by molar-refractivity contribution is 0.180. The molecule has 0 saturated carbocycles. The average Bonchev–Trinajstić information content (AvgIpc) is 3.31. The summed E-state index contributed by atoms with van der Waals surface area (Å²) in [6, 6.07) is 30.3. The summed E-state index contributed by atoms with van der Waals surface area (Å²) >= 11 is 0. The first-order chi connectivity index (χ1) is 21.1. The smallest absolute Gasteiger partial charge is 0.161 e. The minimum Gasteiger partial charge on any atom is -0.508 e. The number of hydrogen-bond acceptors (Lipinski definition) is 5. The number of ether oxygens (including phenoxy) is 3. The molecule has 222 valence electrons. The van der Waals surface area contributed by atoms with Crippen LogP contribution in [0.1, 0.15) is 36.0 Å². The Morgan fingerprint density at radius 3 is 2.33 bits per heavy atom. The second-order valence-electron chi connectivity index (χ2n) is 11.3. The number of benzene rings is 4. The molecule has 1 N–H and O–H groups in total. The molecule has 1 aliphatic heterocycles. The maximum Gasteiger partial charge on any atom is 0.161 e. The fourth-order valence-electron chi connectivity index (χ4n) is 6.08. The Hall–Kier alpha value is -4.42. The molecule has 6 nitrogen and oxygen atoms in total. The highest BCUT2D eigenvalue weighted by molar-refractivity contribution is 5.92. The third-order valence-corrected chi connectivity index (χ3v) is 8.36. The first-order valence-corrected chi connectivity index (χ1v) is 15.2. The van der Waals surface area contributed by atoms with Crippen LogP contribution in [0.5, 0.6) is 23.0 Å². The highest BCUT2D eigenvalue weighted by atomic mass is 16.5. The van der Waals surface area contributed by atoms with Crippen LogP contribution in [0.2, 0.25) is 0 Å². The molecule has 5 aromatic rings. The number of fused-ring (bicyclic) bond motifs is 1. The van der Waals surface area contributed by atoms with E-state index in [0.29, 0.717) is 19.8 Å². The van der Waals surface area contributed by atoms with Crippen molar-refractivity contribution in [3.8, 4) is 34.3 Å². The molecule has 1 saturated heterocycles. The molecule has 0 spiro atoms. The molecule has 6 heteroatoms. The average molecular weight is 577 g/mol. The van der Waals surface area contributed by atoms with Crippen molar-refractivity contribution < 1.29 is 19.3 Å². The van der Waals surface area contributed by atoms with Crippen molar-refractivity contribution in [3.05, 3.63) is 108 Å². The van der Waals surface area contributed by atoms with Crippen molar-refractivity contribution >= 4 is 10.9 Å². The Morgan fingerprint density at radius 1 is 0.767 bits per heavy atom. The molecule has 2 heterocycles. The summed E-state index contributed by atoms with van der Waals surface area (Å²) in [6.45, 7) is 7.19. The van der Waals surface area contributed by atoms with Gasteiger partial charge in [0.05, 0.1) is 12.8 Å². The van der Waals surface area contributed by atoms with Gasteiger partial charge in [0.2, 0.25) is 0 Å². The molecule has 0 radical (unpaired) electrons. The summed E-state index contributed by atoms with van der Waals surface area (Å²) in [5.74, 6) is 2.60. The van der Waals surface area contributed by atoms with Crippen molar-refractivity contribution in [3.63, 3.8) is 0 Å². The monoisotopic (exact) mass is 576 g/mol. The van der Waals surface area contributed by atoms with E-state index >= 15 is 0 Å². The van der Waals surface area contributed by atoms with E-state index in [2.05, 4.69) is 52.8 Å². The number of phenols is 1. The predicted octanol–water partition coefficient (Wildman–Crippen LogP) is 7.82. The Kier molecular flexibility index (Phi) is 8.85. The number of piperidine rings is 1. The van der Waals surface area contributed by atoms with Gasteiger partial charge in [0.15, 0.2) is 11.5 Å². The fraction of sp³-hybridized carbons (Fsp3) is 0.297. The molecular formula is C37H40N2O4. The van der Waals surface area contributed by atoms with Gasteiger partial charge >= 0.3 is 0 Å². The minimum atomic E-state index is 0.261. The second kappa shape index (κ2) is 13.3. The number of likely N-dealkylation sites (tertiary alicyclic amines) is 1. The number of aromatic hydroxyl groups is 1. The quantitative estimate of drug-likeness (QED) is 0.174. The van der Waals surface area contributed by atoms with Gasteiger partial charge in [-0.15, -0.1) is 0 Å². The third kappa shape index (κ3) is 6.65. The molecule has 43 heavy (non-hydrogen) atoms. The van der Waals surface area contributed by atoms with Crippen molar-refractivity contribution in [2.75, 3.05) is 33.4 Å². The van der Waals surface area contributed by atoms with Crippen molar-refractivity contribution in [1.29, 1.82) is 0 Å². The van der Waals surface area contributed by atoms with Crippen LogP contribution >= 0.6 is 0 Å². The van der Waals surface area contributed by atoms with Crippen LogP contribution in [0, 0.1) is 6.92 Å². The van der Waals surface area contributed by atoms with Crippen LogP contribution in [0.15, 0.2) is 91.0 Å². The fourth-order valence-corrected chi connectivity index (χ4v) is 6.08. The van der Waals surface area contributed by atoms with Crippen LogP contribution in [-0.2, 0) is 13.2 Å². The lowest BCUT2D eigenvalue weighted by atomic mass is 10.1. The standard InChI is InChI=1S/C37H40N2O4/c1-27-33-24-31(40)14-17-34(33)39(37(27)30-12-15-32(16-13-30)43-26-28-9-5-3-6-10-28)25-29-11-18-35(36(23-29)41-2)42-22-21-38-19-7-4-8-20-38/h3,5-6,9-18,23-24,40H,4,7-8,19-22,25-26H2,1-2H3. The number of rotatable bonds is 11. The molecule has 1 aromatic heterocycles. The van der Waals surface area contributed by atoms with E-state index in [1.54, 1.807) is 13.2 Å².